The van der Waals surface area contributed by atoms with Crippen LogP contribution in [0.2, 0.25) is 0 Å². The summed E-state index contributed by atoms with van der Waals surface area (Å²) in [6.45, 7) is 7.16. The minimum Gasteiger partial charge on any atom is -0.367 e. The molecule has 0 radical (unpaired) electrons. The number of amides is 3. The smallest absolute Gasteiger partial charge is 0.316 e. The van der Waals surface area contributed by atoms with Gasteiger partial charge in [-0.1, -0.05) is 19.1 Å². The molecule has 4 N–H and O–H groups in total. The molecule has 0 spiro atoms. The Morgan fingerprint density at radius 3 is 2.26 bits per heavy atom. The van der Waals surface area contributed by atoms with E-state index >= 15 is 0 Å². The van der Waals surface area contributed by atoms with Crippen molar-refractivity contribution in [2.75, 3.05) is 48.3 Å². The van der Waals surface area contributed by atoms with E-state index in [9.17, 15) is 9.59 Å². The van der Waals surface area contributed by atoms with Gasteiger partial charge in [-0.15, -0.1) is 0 Å². The van der Waals surface area contributed by atoms with Crippen molar-refractivity contribution in [2.24, 2.45) is 5.73 Å². The fraction of sp³-hybridized carbons (Fsp3) is 0.300. The van der Waals surface area contributed by atoms with E-state index in [1.54, 1.807) is 24.3 Å². The Labute approximate surface area is 159 Å². The number of nitrogens with zero attached hydrogens (tertiary/aromatic N) is 2. The van der Waals surface area contributed by atoms with Crippen molar-refractivity contribution in [3.63, 3.8) is 0 Å². The van der Waals surface area contributed by atoms with E-state index < -0.39 is 6.03 Å². The first-order valence-electron chi connectivity index (χ1n) is 9.11. The second-order valence-electron chi connectivity index (χ2n) is 6.46. The van der Waals surface area contributed by atoms with Crippen LogP contribution in [0.5, 0.6) is 0 Å². The van der Waals surface area contributed by atoms with Gasteiger partial charge in [0.25, 0.3) is 5.91 Å². The number of likely N-dealkylation sites (N-methyl/N-ethyl adjacent to an activating group) is 1. The number of piperazine rings is 1. The number of primary amides is 1. The molecule has 0 saturated carbocycles. The first-order chi connectivity index (χ1) is 13.1. The zero-order valence-corrected chi connectivity index (χ0v) is 15.4. The largest absolute Gasteiger partial charge is 0.367 e. The second-order valence-corrected chi connectivity index (χ2v) is 6.46. The molecule has 0 atom stereocenters. The highest BCUT2D eigenvalue weighted by Gasteiger charge is 2.19. The number of urea groups is 1. The zero-order valence-electron chi connectivity index (χ0n) is 15.4. The maximum Gasteiger partial charge on any atom is 0.316 e. The summed E-state index contributed by atoms with van der Waals surface area (Å²) >= 11 is 0. The molecular weight excluding hydrogens is 342 g/mol. The molecule has 1 saturated heterocycles. The van der Waals surface area contributed by atoms with Crippen molar-refractivity contribution < 1.29 is 9.59 Å². The topological polar surface area (TPSA) is 90.7 Å². The Kier molecular flexibility index (Phi) is 5.93. The van der Waals surface area contributed by atoms with Crippen molar-refractivity contribution in [2.45, 2.75) is 6.92 Å². The predicted octanol–water partition coefficient (Wildman–Crippen LogP) is 2.57. The quantitative estimate of drug-likeness (QED) is 0.757. The number of carbonyl (C=O) groups excluding carboxylic acids is 2. The molecule has 0 bridgehead atoms. The monoisotopic (exact) mass is 367 g/mol. The average Bonchev–Trinajstić information content (AvgIpc) is 2.68. The number of nitrogens with one attached hydrogen (secondary N) is 2. The SMILES string of the molecule is CCN1CCN(c2ccccc2NC(=O)c2ccc(NC(N)=O)cc2)CC1. The number of benzene rings is 2. The highest BCUT2D eigenvalue weighted by atomic mass is 16.2. The number of carbonyl (C=O) groups is 2. The van der Waals surface area contributed by atoms with Crippen LogP contribution in [0, 0.1) is 0 Å². The lowest BCUT2D eigenvalue weighted by molar-refractivity contribution is 0.102. The van der Waals surface area contributed by atoms with Crippen LogP contribution in [-0.4, -0.2) is 49.6 Å². The minimum atomic E-state index is -0.635. The van der Waals surface area contributed by atoms with E-state index in [0.717, 1.165) is 44.1 Å². The normalized spacial score (nSPS) is 14.6. The Hall–Kier alpha value is -3.06. The van der Waals surface area contributed by atoms with Crippen LogP contribution >= 0.6 is 0 Å². The molecule has 0 aromatic heterocycles. The lowest BCUT2D eigenvalue weighted by Crippen LogP contribution is -2.46. The molecule has 1 heterocycles. The molecule has 27 heavy (non-hydrogen) atoms. The molecular formula is C20H25N5O2. The van der Waals surface area contributed by atoms with Gasteiger partial charge in [-0.3, -0.25) is 4.79 Å². The number of hydrogen-bond donors (Lipinski definition) is 3. The number of nitrogens with two attached hydrogens (primary N) is 1. The summed E-state index contributed by atoms with van der Waals surface area (Å²) in [4.78, 5) is 28.2. The summed E-state index contributed by atoms with van der Waals surface area (Å²) < 4.78 is 0. The molecule has 3 rings (SSSR count). The summed E-state index contributed by atoms with van der Waals surface area (Å²) in [6.07, 6.45) is 0. The van der Waals surface area contributed by atoms with Gasteiger partial charge in [0.05, 0.1) is 11.4 Å². The van der Waals surface area contributed by atoms with E-state index in [2.05, 4.69) is 27.4 Å². The maximum atomic E-state index is 12.6. The van der Waals surface area contributed by atoms with Crippen LogP contribution in [-0.2, 0) is 0 Å². The lowest BCUT2D eigenvalue weighted by Gasteiger charge is -2.36. The number of hydrogen-bond acceptors (Lipinski definition) is 4. The minimum absolute atomic E-state index is 0.194. The van der Waals surface area contributed by atoms with Crippen LogP contribution in [0.3, 0.4) is 0 Å². The average molecular weight is 367 g/mol. The summed E-state index contributed by atoms with van der Waals surface area (Å²) in [5, 5.41) is 5.48. The van der Waals surface area contributed by atoms with Crippen molar-refractivity contribution in [3.05, 3.63) is 54.1 Å². The van der Waals surface area contributed by atoms with Gasteiger partial charge in [-0.2, -0.15) is 0 Å². The number of anilines is 3. The van der Waals surface area contributed by atoms with Gasteiger partial charge in [-0.25, -0.2) is 4.79 Å². The van der Waals surface area contributed by atoms with Crippen LogP contribution in [0.25, 0.3) is 0 Å². The third kappa shape index (κ3) is 4.77. The molecule has 2 aromatic carbocycles. The lowest BCUT2D eigenvalue weighted by atomic mass is 10.1. The van der Waals surface area contributed by atoms with Crippen molar-refractivity contribution in [1.29, 1.82) is 0 Å². The van der Waals surface area contributed by atoms with Crippen LogP contribution < -0.4 is 21.3 Å². The van der Waals surface area contributed by atoms with Gasteiger partial charge in [0, 0.05) is 37.4 Å². The third-order valence-electron chi connectivity index (χ3n) is 4.73. The molecule has 1 fully saturated rings. The molecule has 7 heteroatoms. The Balaban J connectivity index is 1.70. The van der Waals surface area contributed by atoms with Gasteiger partial charge >= 0.3 is 6.03 Å². The van der Waals surface area contributed by atoms with Crippen LogP contribution in [0.4, 0.5) is 21.9 Å². The van der Waals surface area contributed by atoms with Crippen molar-refractivity contribution in [3.8, 4) is 0 Å². The van der Waals surface area contributed by atoms with E-state index in [4.69, 9.17) is 5.73 Å². The zero-order chi connectivity index (χ0) is 19.2. The van der Waals surface area contributed by atoms with E-state index in [-0.39, 0.29) is 5.91 Å². The first-order valence-corrected chi connectivity index (χ1v) is 9.11. The van der Waals surface area contributed by atoms with Gasteiger partial charge in [0.15, 0.2) is 0 Å². The number of rotatable bonds is 5. The van der Waals surface area contributed by atoms with E-state index in [1.807, 2.05) is 24.3 Å². The number of para-hydroxylation sites is 2. The Bertz CT molecular complexity index is 798. The van der Waals surface area contributed by atoms with E-state index in [1.165, 1.54) is 0 Å². The second kappa shape index (κ2) is 8.55. The van der Waals surface area contributed by atoms with Crippen molar-refractivity contribution in [1.82, 2.24) is 4.90 Å². The molecule has 2 aromatic rings. The van der Waals surface area contributed by atoms with Crippen LogP contribution in [0.15, 0.2) is 48.5 Å². The maximum absolute atomic E-state index is 12.6. The summed E-state index contributed by atoms with van der Waals surface area (Å²) in [7, 11) is 0. The fourth-order valence-corrected chi connectivity index (χ4v) is 3.20. The molecule has 3 amide bonds. The van der Waals surface area contributed by atoms with E-state index in [0.29, 0.717) is 11.3 Å². The summed E-state index contributed by atoms with van der Waals surface area (Å²) in [5.41, 5.74) is 7.99. The summed E-state index contributed by atoms with van der Waals surface area (Å²) in [5.74, 6) is -0.194. The molecule has 1 aliphatic rings. The Morgan fingerprint density at radius 2 is 1.63 bits per heavy atom. The third-order valence-corrected chi connectivity index (χ3v) is 4.73. The van der Waals surface area contributed by atoms with Crippen LogP contribution in [0.1, 0.15) is 17.3 Å². The molecule has 1 aliphatic heterocycles. The van der Waals surface area contributed by atoms with Gasteiger partial charge < -0.3 is 26.2 Å². The highest BCUT2D eigenvalue weighted by Crippen LogP contribution is 2.27. The van der Waals surface area contributed by atoms with Crippen molar-refractivity contribution >= 4 is 29.0 Å². The van der Waals surface area contributed by atoms with Gasteiger partial charge in [0.1, 0.15) is 0 Å². The summed E-state index contributed by atoms with van der Waals surface area (Å²) in [6, 6.07) is 13.8. The molecule has 0 unspecified atom stereocenters. The fourth-order valence-electron chi connectivity index (χ4n) is 3.20. The highest BCUT2D eigenvalue weighted by molar-refractivity contribution is 6.06. The first kappa shape index (κ1) is 18.7. The van der Waals surface area contributed by atoms with Gasteiger partial charge in [0.2, 0.25) is 0 Å². The molecule has 142 valence electrons. The standard InChI is InChI=1S/C20H25N5O2/c1-2-24-11-13-25(14-12-24)18-6-4-3-5-17(18)23-19(26)15-7-9-16(10-8-15)22-20(21)27/h3-10H,2,11-14H2,1H3,(H,23,26)(H3,21,22,27). The molecule has 7 nitrogen and oxygen atoms in total. The Morgan fingerprint density at radius 1 is 0.963 bits per heavy atom. The van der Waals surface area contributed by atoms with Gasteiger partial charge in [-0.05, 0) is 42.9 Å². The molecule has 0 aliphatic carbocycles. The predicted molar refractivity (Wildman–Crippen MR) is 108 cm³/mol.